The Morgan fingerprint density at radius 1 is 1.15 bits per heavy atom. The molecule has 0 unspecified atom stereocenters. The van der Waals surface area contributed by atoms with E-state index in [4.69, 9.17) is 11.6 Å². The van der Waals surface area contributed by atoms with E-state index in [1.165, 1.54) is 0 Å². The van der Waals surface area contributed by atoms with Gasteiger partial charge in [-0.25, -0.2) is 0 Å². The smallest absolute Gasteiger partial charge is 0.0863 e. The van der Waals surface area contributed by atoms with E-state index in [9.17, 15) is 0 Å². The van der Waals surface area contributed by atoms with Crippen LogP contribution in [0.2, 0.25) is 5.02 Å². The minimum absolute atomic E-state index is 0.692. The lowest BCUT2D eigenvalue weighted by Gasteiger charge is -2.25. The summed E-state index contributed by atoms with van der Waals surface area (Å²) in [6.07, 6.45) is 0.888. The molecule has 0 bridgehead atoms. The minimum atomic E-state index is 0.692. The number of nitrogens with one attached hydrogen (secondary N) is 1. The molecule has 1 aromatic heterocycles. The van der Waals surface area contributed by atoms with Crippen molar-refractivity contribution in [2.45, 2.75) is 61.1 Å². The summed E-state index contributed by atoms with van der Waals surface area (Å²) in [7, 11) is 0. The van der Waals surface area contributed by atoms with E-state index < -0.39 is 0 Å². The number of aromatic nitrogens is 2. The number of aryl methyl sites for hydroxylation is 2. The van der Waals surface area contributed by atoms with E-state index in [2.05, 4.69) is 52.0 Å². The third-order valence-electron chi connectivity index (χ3n) is 4.08. The second kappa shape index (κ2) is 8.04. The summed E-state index contributed by atoms with van der Waals surface area (Å²) in [5, 5.41) is 8.97. The highest BCUT2D eigenvalue weighted by Crippen LogP contribution is 2.23. The van der Waals surface area contributed by atoms with Crippen molar-refractivity contribution in [2.75, 3.05) is 6.54 Å². The highest BCUT2D eigenvalue weighted by molar-refractivity contribution is 6.31. The van der Waals surface area contributed by atoms with Gasteiger partial charge in [0.2, 0.25) is 0 Å². The zero-order valence-corrected chi connectivity index (χ0v) is 14.6. The Bertz CT molecular complexity index is 402. The van der Waals surface area contributed by atoms with Crippen LogP contribution in [-0.2, 0) is 19.5 Å². The number of halogens is 1. The van der Waals surface area contributed by atoms with Crippen LogP contribution in [0.3, 0.4) is 0 Å². The first-order chi connectivity index (χ1) is 9.42. The summed E-state index contributed by atoms with van der Waals surface area (Å²) in [6.45, 7) is 16.1. The van der Waals surface area contributed by atoms with Crippen LogP contribution in [0.15, 0.2) is 0 Å². The van der Waals surface area contributed by atoms with E-state index in [1.54, 1.807) is 0 Å². The van der Waals surface area contributed by atoms with Crippen LogP contribution in [0.1, 0.15) is 52.9 Å². The van der Waals surface area contributed by atoms with Gasteiger partial charge in [0.25, 0.3) is 0 Å². The molecule has 0 aliphatic carbocycles. The Kier molecular flexibility index (Phi) is 7.04. The lowest BCUT2D eigenvalue weighted by Crippen LogP contribution is -2.30. The van der Waals surface area contributed by atoms with Crippen molar-refractivity contribution in [3.05, 3.63) is 16.4 Å². The van der Waals surface area contributed by atoms with E-state index in [0.717, 1.165) is 42.5 Å². The molecule has 0 aliphatic heterocycles. The van der Waals surface area contributed by atoms with Crippen molar-refractivity contribution < 1.29 is 0 Å². The van der Waals surface area contributed by atoms with Gasteiger partial charge in [0.1, 0.15) is 0 Å². The molecule has 1 N–H and O–H groups in total. The van der Waals surface area contributed by atoms with Crippen LogP contribution >= 0.6 is 11.6 Å². The normalized spacial score (nSPS) is 12.1. The van der Waals surface area contributed by atoms with Crippen LogP contribution in [0, 0.1) is 17.8 Å². The predicted octanol–water partition coefficient (Wildman–Crippen LogP) is 4.14. The first-order valence-electron chi connectivity index (χ1n) is 7.87. The van der Waals surface area contributed by atoms with Gasteiger partial charge in [0.15, 0.2) is 0 Å². The van der Waals surface area contributed by atoms with E-state index in [1.807, 2.05) is 4.68 Å². The van der Waals surface area contributed by atoms with Crippen molar-refractivity contribution in [3.8, 4) is 0 Å². The van der Waals surface area contributed by atoms with Crippen LogP contribution in [0.4, 0.5) is 0 Å². The number of nitrogens with zero attached hydrogens (tertiary/aromatic N) is 2. The minimum Gasteiger partial charge on any atom is -0.311 e. The molecule has 1 heterocycles. The van der Waals surface area contributed by atoms with Crippen LogP contribution in [0.5, 0.6) is 0 Å². The molecule has 0 fully saturated rings. The SMILES string of the molecule is CCc1nn(CC)c(CNCC(C(C)C)C(C)C)c1Cl. The Balaban J connectivity index is 2.68. The number of rotatable bonds is 8. The Morgan fingerprint density at radius 3 is 2.20 bits per heavy atom. The summed E-state index contributed by atoms with van der Waals surface area (Å²) in [5.41, 5.74) is 2.13. The fourth-order valence-electron chi connectivity index (χ4n) is 2.78. The molecule has 0 radical (unpaired) electrons. The van der Waals surface area contributed by atoms with Gasteiger partial charge in [-0.2, -0.15) is 5.10 Å². The maximum Gasteiger partial charge on any atom is 0.0863 e. The molecule has 0 saturated heterocycles. The average Bonchev–Trinajstić information content (AvgIpc) is 2.70. The lowest BCUT2D eigenvalue weighted by atomic mass is 9.85. The van der Waals surface area contributed by atoms with Gasteiger partial charge in [-0.15, -0.1) is 0 Å². The quantitative estimate of drug-likeness (QED) is 0.782. The highest BCUT2D eigenvalue weighted by atomic mass is 35.5. The molecule has 0 amide bonds. The van der Waals surface area contributed by atoms with Gasteiger partial charge < -0.3 is 5.32 Å². The molecule has 0 atom stereocenters. The van der Waals surface area contributed by atoms with Crippen molar-refractivity contribution in [1.29, 1.82) is 0 Å². The standard InChI is InChI=1S/C16H30ClN3/c1-7-14-16(17)15(20(8-2)19-14)10-18-9-13(11(3)4)12(5)6/h11-13,18H,7-10H2,1-6H3. The second-order valence-electron chi connectivity index (χ2n) is 6.16. The Morgan fingerprint density at radius 2 is 1.75 bits per heavy atom. The molecule has 3 nitrogen and oxygen atoms in total. The molecule has 1 aromatic rings. The molecular formula is C16H30ClN3. The fourth-order valence-corrected chi connectivity index (χ4v) is 3.12. The first-order valence-corrected chi connectivity index (χ1v) is 8.24. The molecule has 0 spiro atoms. The molecule has 0 aromatic carbocycles. The topological polar surface area (TPSA) is 29.9 Å². The molecular weight excluding hydrogens is 270 g/mol. The van der Waals surface area contributed by atoms with Crippen LogP contribution in [-0.4, -0.2) is 16.3 Å². The second-order valence-corrected chi connectivity index (χ2v) is 6.54. The Labute approximate surface area is 129 Å². The number of hydrogen-bond acceptors (Lipinski definition) is 2. The van der Waals surface area contributed by atoms with Gasteiger partial charge in [-0.05, 0) is 37.6 Å². The van der Waals surface area contributed by atoms with E-state index >= 15 is 0 Å². The molecule has 0 saturated carbocycles. The molecule has 1 rings (SSSR count). The highest BCUT2D eigenvalue weighted by Gasteiger charge is 2.18. The van der Waals surface area contributed by atoms with Gasteiger partial charge in [0.05, 0.1) is 16.4 Å². The average molecular weight is 300 g/mol. The number of hydrogen-bond donors (Lipinski definition) is 1. The zero-order valence-electron chi connectivity index (χ0n) is 13.8. The van der Waals surface area contributed by atoms with Gasteiger partial charge in [-0.1, -0.05) is 46.2 Å². The zero-order chi connectivity index (χ0) is 15.3. The van der Waals surface area contributed by atoms with Gasteiger partial charge in [0, 0.05) is 13.1 Å². The third kappa shape index (κ3) is 4.23. The third-order valence-corrected chi connectivity index (χ3v) is 4.52. The van der Waals surface area contributed by atoms with E-state index in [-0.39, 0.29) is 0 Å². The summed E-state index contributed by atoms with van der Waals surface area (Å²) < 4.78 is 2.02. The summed E-state index contributed by atoms with van der Waals surface area (Å²) in [4.78, 5) is 0. The monoisotopic (exact) mass is 299 g/mol. The van der Waals surface area contributed by atoms with Gasteiger partial charge in [-0.3, -0.25) is 4.68 Å². The molecule has 4 heteroatoms. The van der Waals surface area contributed by atoms with Crippen molar-refractivity contribution >= 4 is 11.6 Å². The largest absolute Gasteiger partial charge is 0.311 e. The maximum absolute atomic E-state index is 6.43. The van der Waals surface area contributed by atoms with Gasteiger partial charge >= 0.3 is 0 Å². The molecule has 116 valence electrons. The Hall–Kier alpha value is -0.540. The lowest BCUT2D eigenvalue weighted by molar-refractivity contribution is 0.274. The summed E-state index contributed by atoms with van der Waals surface area (Å²) in [6, 6.07) is 0. The molecule has 20 heavy (non-hydrogen) atoms. The fraction of sp³-hybridized carbons (Fsp3) is 0.812. The van der Waals surface area contributed by atoms with Crippen molar-refractivity contribution in [2.24, 2.45) is 17.8 Å². The summed E-state index contributed by atoms with van der Waals surface area (Å²) >= 11 is 6.43. The molecule has 0 aliphatic rings. The maximum atomic E-state index is 6.43. The van der Waals surface area contributed by atoms with Crippen molar-refractivity contribution in [3.63, 3.8) is 0 Å². The van der Waals surface area contributed by atoms with Crippen molar-refractivity contribution in [1.82, 2.24) is 15.1 Å². The van der Waals surface area contributed by atoms with E-state index in [0.29, 0.717) is 17.8 Å². The summed E-state index contributed by atoms with van der Waals surface area (Å²) in [5.74, 6) is 2.08. The predicted molar refractivity (Wildman–Crippen MR) is 87.2 cm³/mol. The van der Waals surface area contributed by atoms with Crippen LogP contribution in [0.25, 0.3) is 0 Å². The first kappa shape index (κ1) is 17.5. The van der Waals surface area contributed by atoms with Crippen LogP contribution < -0.4 is 5.32 Å².